The summed E-state index contributed by atoms with van der Waals surface area (Å²) in [7, 11) is 0. The van der Waals surface area contributed by atoms with Gasteiger partial charge in [0.25, 0.3) is 0 Å². The van der Waals surface area contributed by atoms with E-state index in [0.29, 0.717) is 19.7 Å². The molecule has 7 heteroatoms. The Morgan fingerprint density at radius 2 is 2.12 bits per heavy atom. The highest BCUT2D eigenvalue weighted by atomic mass is 16.7. The summed E-state index contributed by atoms with van der Waals surface area (Å²) < 4.78 is 16.3. The van der Waals surface area contributed by atoms with Crippen molar-refractivity contribution in [3.63, 3.8) is 0 Å². The average molecular weight is 342 g/mol. The molecular formula is C18H22N4O3. The first-order chi connectivity index (χ1) is 12.3. The Hall–Kier alpha value is -2.96. The topological polar surface area (TPSA) is 77.0 Å². The van der Waals surface area contributed by atoms with Crippen molar-refractivity contribution < 1.29 is 14.2 Å². The molecule has 0 saturated heterocycles. The van der Waals surface area contributed by atoms with E-state index in [9.17, 15) is 0 Å². The van der Waals surface area contributed by atoms with E-state index >= 15 is 0 Å². The van der Waals surface area contributed by atoms with E-state index in [1.807, 2.05) is 43.3 Å². The maximum atomic E-state index is 5.73. The Bertz CT molecular complexity index is 707. The van der Waals surface area contributed by atoms with Gasteiger partial charge in [-0.25, -0.2) is 4.99 Å². The van der Waals surface area contributed by atoms with Gasteiger partial charge in [-0.2, -0.15) is 0 Å². The van der Waals surface area contributed by atoms with E-state index in [-0.39, 0.29) is 6.79 Å². The number of hydrogen-bond acceptors (Lipinski definition) is 5. The van der Waals surface area contributed by atoms with E-state index in [4.69, 9.17) is 14.2 Å². The molecule has 2 N–H and O–H groups in total. The highest BCUT2D eigenvalue weighted by Crippen LogP contribution is 2.34. The van der Waals surface area contributed by atoms with Gasteiger partial charge < -0.3 is 24.8 Å². The molecule has 2 aromatic rings. The maximum absolute atomic E-state index is 5.73. The summed E-state index contributed by atoms with van der Waals surface area (Å²) in [5.74, 6) is 2.96. The van der Waals surface area contributed by atoms with Crippen LogP contribution in [0.1, 0.15) is 12.6 Å². The lowest BCUT2D eigenvalue weighted by Crippen LogP contribution is -2.39. The van der Waals surface area contributed by atoms with Crippen molar-refractivity contribution in [1.29, 1.82) is 0 Å². The normalized spacial score (nSPS) is 12.8. The number of rotatable bonds is 7. The predicted molar refractivity (Wildman–Crippen MR) is 95.1 cm³/mol. The lowest BCUT2D eigenvalue weighted by molar-refractivity contribution is 0.173. The number of nitrogens with zero attached hydrogens (tertiary/aromatic N) is 2. The lowest BCUT2D eigenvalue weighted by atomic mass is 10.3. The van der Waals surface area contributed by atoms with Crippen molar-refractivity contribution in [3.05, 3.63) is 48.3 Å². The number of aromatic nitrogens is 1. The number of hydrogen-bond donors (Lipinski definition) is 2. The number of nitrogens with one attached hydrogen (secondary N) is 2. The fraction of sp³-hybridized carbons (Fsp3) is 0.333. The SMILES string of the molecule is CCNC(=NCc1ccccn1)NCCOc1ccc2c(c1)OCO2. The Kier molecular flexibility index (Phi) is 5.92. The fourth-order valence-electron chi connectivity index (χ4n) is 2.30. The van der Waals surface area contributed by atoms with Crippen molar-refractivity contribution in [2.75, 3.05) is 26.5 Å². The van der Waals surface area contributed by atoms with Gasteiger partial charge in [0, 0.05) is 18.8 Å². The van der Waals surface area contributed by atoms with Crippen molar-refractivity contribution in [3.8, 4) is 17.2 Å². The Balaban J connectivity index is 1.45. The first-order valence-corrected chi connectivity index (χ1v) is 8.29. The molecule has 25 heavy (non-hydrogen) atoms. The summed E-state index contributed by atoms with van der Waals surface area (Å²) >= 11 is 0. The van der Waals surface area contributed by atoms with Gasteiger partial charge in [-0.05, 0) is 31.2 Å². The molecule has 0 bridgehead atoms. The summed E-state index contributed by atoms with van der Waals surface area (Å²) in [4.78, 5) is 8.78. The first-order valence-electron chi connectivity index (χ1n) is 8.29. The highest BCUT2D eigenvalue weighted by molar-refractivity contribution is 5.79. The largest absolute Gasteiger partial charge is 0.492 e. The number of benzene rings is 1. The molecule has 0 atom stereocenters. The average Bonchev–Trinajstić information content (AvgIpc) is 3.12. The molecule has 3 rings (SSSR count). The zero-order valence-electron chi connectivity index (χ0n) is 14.2. The molecule has 0 amide bonds. The van der Waals surface area contributed by atoms with E-state index in [1.54, 1.807) is 6.20 Å². The summed E-state index contributed by atoms with van der Waals surface area (Å²) in [6.45, 7) is 4.74. The number of pyridine rings is 1. The van der Waals surface area contributed by atoms with Crippen LogP contribution in [0.5, 0.6) is 17.2 Å². The maximum Gasteiger partial charge on any atom is 0.231 e. The van der Waals surface area contributed by atoms with Gasteiger partial charge in [0.15, 0.2) is 17.5 Å². The van der Waals surface area contributed by atoms with E-state index in [0.717, 1.165) is 35.4 Å². The van der Waals surface area contributed by atoms with E-state index in [2.05, 4.69) is 20.6 Å². The molecule has 0 unspecified atom stereocenters. The van der Waals surface area contributed by atoms with Crippen LogP contribution in [0, 0.1) is 0 Å². The number of fused-ring (bicyclic) bond motifs is 1. The minimum atomic E-state index is 0.263. The van der Waals surface area contributed by atoms with Crippen molar-refractivity contribution in [2.45, 2.75) is 13.5 Å². The third-order valence-corrected chi connectivity index (χ3v) is 3.48. The van der Waals surface area contributed by atoms with Crippen LogP contribution in [-0.2, 0) is 6.54 Å². The highest BCUT2D eigenvalue weighted by Gasteiger charge is 2.13. The molecular weight excluding hydrogens is 320 g/mol. The van der Waals surface area contributed by atoms with Gasteiger partial charge in [0.1, 0.15) is 12.4 Å². The first kappa shape index (κ1) is 16.9. The summed E-state index contributed by atoms with van der Waals surface area (Å²) in [6.07, 6.45) is 1.77. The smallest absolute Gasteiger partial charge is 0.231 e. The molecule has 1 aromatic heterocycles. The van der Waals surface area contributed by atoms with Crippen LogP contribution in [0.3, 0.4) is 0 Å². The predicted octanol–water partition coefficient (Wildman–Crippen LogP) is 1.94. The number of guanidine groups is 1. The molecule has 1 aromatic carbocycles. The van der Waals surface area contributed by atoms with Gasteiger partial charge in [0.2, 0.25) is 6.79 Å². The summed E-state index contributed by atoms with van der Waals surface area (Å²) in [6, 6.07) is 11.4. The molecule has 0 spiro atoms. The summed E-state index contributed by atoms with van der Waals surface area (Å²) in [5.41, 5.74) is 0.927. The Labute approximate surface area is 147 Å². The van der Waals surface area contributed by atoms with Gasteiger partial charge in [0.05, 0.1) is 18.8 Å². The number of ether oxygens (including phenoxy) is 3. The van der Waals surface area contributed by atoms with E-state index < -0.39 is 0 Å². The van der Waals surface area contributed by atoms with Crippen molar-refractivity contribution in [1.82, 2.24) is 15.6 Å². The van der Waals surface area contributed by atoms with Crippen LogP contribution >= 0.6 is 0 Å². The molecule has 2 heterocycles. The second kappa shape index (κ2) is 8.77. The lowest BCUT2D eigenvalue weighted by Gasteiger charge is -2.12. The number of aliphatic imine (C=N–C) groups is 1. The molecule has 1 aliphatic heterocycles. The molecule has 0 radical (unpaired) electrons. The molecule has 0 aliphatic carbocycles. The minimum absolute atomic E-state index is 0.263. The van der Waals surface area contributed by atoms with Crippen molar-refractivity contribution >= 4 is 5.96 Å². The van der Waals surface area contributed by atoms with Crippen LogP contribution in [0.15, 0.2) is 47.6 Å². The quantitative estimate of drug-likeness (QED) is 0.455. The standard InChI is InChI=1S/C18H22N4O3/c1-2-19-18(22-12-14-5-3-4-8-20-14)21-9-10-23-15-6-7-16-17(11-15)25-13-24-16/h3-8,11H,2,9-10,12-13H2,1H3,(H2,19,21,22). The van der Waals surface area contributed by atoms with Crippen LogP contribution < -0.4 is 24.8 Å². The molecule has 132 valence electrons. The second-order valence-corrected chi connectivity index (χ2v) is 5.31. The third-order valence-electron chi connectivity index (χ3n) is 3.48. The van der Waals surface area contributed by atoms with Gasteiger partial charge in [-0.15, -0.1) is 0 Å². The van der Waals surface area contributed by atoms with Crippen molar-refractivity contribution in [2.24, 2.45) is 4.99 Å². The van der Waals surface area contributed by atoms with Crippen LogP contribution in [-0.4, -0.2) is 37.4 Å². The molecule has 0 saturated carbocycles. The van der Waals surface area contributed by atoms with Gasteiger partial charge >= 0.3 is 0 Å². The minimum Gasteiger partial charge on any atom is -0.492 e. The zero-order chi connectivity index (χ0) is 17.3. The van der Waals surface area contributed by atoms with Crippen LogP contribution in [0.2, 0.25) is 0 Å². The fourth-order valence-corrected chi connectivity index (χ4v) is 2.30. The van der Waals surface area contributed by atoms with Gasteiger partial charge in [-0.1, -0.05) is 6.07 Å². The second-order valence-electron chi connectivity index (χ2n) is 5.31. The molecule has 0 fully saturated rings. The van der Waals surface area contributed by atoms with E-state index in [1.165, 1.54) is 0 Å². The zero-order valence-corrected chi connectivity index (χ0v) is 14.2. The Morgan fingerprint density at radius 1 is 1.20 bits per heavy atom. The summed E-state index contributed by atoms with van der Waals surface area (Å²) in [5, 5.41) is 6.45. The third kappa shape index (κ3) is 5.00. The van der Waals surface area contributed by atoms with Gasteiger partial charge in [-0.3, -0.25) is 4.98 Å². The Morgan fingerprint density at radius 3 is 2.96 bits per heavy atom. The molecule has 1 aliphatic rings. The molecule has 7 nitrogen and oxygen atoms in total. The monoisotopic (exact) mass is 342 g/mol. The van der Waals surface area contributed by atoms with Crippen LogP contribution in [0.25, 0.3) is 0 Å². The van der Waals surface area contributed by atoms with Crippen LogP contribution in [0.4, 0.5) is 0 Å².